The van der Waals surface area contributed by atoms with E-state index in [0.29, 0.717) is 13.1 Å². The van der Waals surface area contributed by atoms with Gasteiger partial charge in [-0.2, -0.15) is 0 Å². The molecular weight excluding hydrogens is 254 g/mol. The van der Waals surface area contributed by atoms with E-state index in [4.69, 9.17) is 5.11 Å². The van der Waals surface area contributed by atoms with Crippen LogP contribution in [0.1, 0.15) is 6.42 Å². The molecule has 1 amide bonds. The summed E-state index contributed by atoms with van der Waals surface area (Å²) in [4.78, 5) is 19.0. The van der Waals surface area contributed by atoms with E-state index in [0.717, 1.165) is 23.0 Å². The highest BCUT2D eigenvalue weighted by molar-refractivity contribution is 5.91. The van der Waals surface area contributed by atoms with E-state index in [-0.39, 0.29) is 6.04 Å². The molecule has 20 heavy (non-hydrogen) atoms. The van der Waals surface area contributed by atoms with Crippen molar-refractivity contribution in [1.29, 1.82) is 0 Å². The van der Waals surface area contributed by atoms with Crippen molar-refractivity contribution in [2.75, 3.05) is 25.0 Å². The molecule has 0 radical (unpaired) electrons. The lowest BCUT2D eigenvalue weighted by Crippen LogP contribution is -2.36. The summed E-state index contributed by atoms with van der Waals surface area (Å²) in [6, 6.07) is 10.2. The maximum Gasteiger partial charge on any atom is 0.407 e. The first-order valence-corrected chi connectivity index (χ1v) is 6.71. The van der Waals surface area contributed by atoms with Crippen LogP contribution in [0.3, 0.4) is 0 Å². The minimum absolute atomic E-state index is 0.219. The van der Waals surface area contributed by atoms with Gasteiger partial charge >= 0.3 is 6.09 Å². The molecular formula is C15H17N3O2. The van der Waals surface area contributed by atoms with Crippen molar-refractivity contribution in [3.8, 4) is 0 Å². The zero-order valence-electron chi connectivity index (χ0n) is 11.4. The fourth-order valence-electron chi connectivity index (χ4n) is 2.82. The Bertz CT molecular complexity index is 639. The normalized spacial score (nSPS) is 18.4. The van der Waals surface area contributed by atoms with Crippen LogP contribution in [0.4, 0.5) is 10.5 Å². The molecule has 3 rings (SSSR count). The van der Waals surface area contributed by atoms with Crippen LogP contribution in [0, 0.1) is 0 Å². The molecule has 0 bridgehead atoms. The van der Waals surface area contributed by atoms with Gasteiger partial charge in [-0.15, -0.1) is 0 Å². The van der Waals surface area contributed by atoms with Crippen molar-refractivity contribution in [3.63, 3.8) is 0 Å². The molecule has 2 aromatic rings. The average molecular weight is 271 g/mol. The molecule has 2 heterocycles. The van der Waals surface area contributed by atoms with Crippen LogP contribution in [0.25, 0.3) is 10.9 Å². The number of amides is 1. The molecule has 0 spiro atoms. The van der Waals surface area contributed by atoms with Gasteiger partial charge in [-0.3, -0.25) is 4.98 Å². The molecule has 1 fully saturated rings. The second kappa shape index (κ2) is 5.00. The number of hydrogen-bond donors (Lipinski definition) is 1. The Morgan fingerprint density at radius 2 is 2.20 bits per heavy atom. The number of para-hydroxylation sites is 1. The molecule has 1 saturated heterocycles. The van der Waals surface area contributed by atoms with Crippen molar-refractivity contribution in [3.05, 3.63) is 36.5 Å². The Morgan fingerprint density at radius 3 is 2.95 bits per heavy atom. The third kappa shape index (κ3) is 2.15. The molecule has 104 valence electrons. The Hall–Kier alpha value is -2.30. The molecule has 1 aromatic heterocycles. The molecule has 1 N–H and O–H groups in total. The van der Waals surface area contributed by atoms with Crippen molar-refractivity contribution >= 4 is 22.7 Å². The van der Waals surface area contributed by atoms with Crippen LogP contribution >= 0.6 is 0 Å². The number of likely N-dealkylation sites (tertiary alicyclic amines) is 1. The SMILES string of the molecule is CN(c1ccnc2ccccc12)[C@H]1CCN(C(=O)O)C1. The lowest BCUT2D eigenvalue weighted by molar-refractivity contribution is 0.155. The average Bonchev–Trinajstić information content (AvgIpc) is 2.96. The summed E-state index contributed by atoms with van der Waals surface area (Å²) in [5.74, 6) is 0. The van der Waals surface area contributed by atoms with E-state index >= 15 is 0 Å². The van der Waals surface area contributed by atoms with E-state index in [2.05, 4.69) is 16.0 Å². The van der Waals surface area contributed by atoms with E-state index in [1.54, 1.807) is 6.20 Å². The second-order valence-corrected chi connectivity index (χ2v) is 5.13. The number of aromatic nitrogens is 1. The molecule has 0 unspecified atom stereocenters. The van der Waals surface area contributed by atoms with E-state index in [1.165, 1.54) is 4.90 Å². The number of fused-ring (bicyclic) bond motifs is 1. The Balaban J connectivity index is 1.90. The summed E-state index contributed by atoms with van der Waals surface area (Å²) in [6.45, 7) is 1.16. The topological polar surface area (TPSA) is 56.7 Å². The van der Waals surface area contributed by atoms with Crippen molar-refractivity contribution in [2.45, 2.75) is 12.5 Å². The fraction of sp³-hybridized carbons (Fsp3) is 0.333. The maximum atomic E-state index is 11.0. The van der Waals surface area contributed by atoms with Gasteiger partial charge < -0.3 is 14.9 Å². The molecule has 1 atom stereocenters. The first-order valence-electron chi connectivity index (χ1n) is 6.71. The summed E-state index contributed by atoms with van der Waals surface area (Å²) in [7, 11) is 2.03. The van der Waals surface area contributed by atoms with Gasteiger partial charge in [-0.1, -0.05) is 18.2 Å². The smallest absolute Gasteiger partial charge is 0.407 e. The number of carboxylic acid groups (broad SMARTS) is 1. The number of carbonyl (C=O) groups is 1. The number of hydrogen-bond acceptors (Lipinski definition) is 3. The summed E-state index contributed by atoms with van der Waals surface area (Å²) in [6.07, 6.45) is 1.83. The van der Waals surface area contributed by atoms with Crippen LogP contribution in [-0.2, 0) is 0 Å². The van der Waals surface area contributed by atoms with Gasteiger partial charge in [0.15, 0.2) is 0 Å². The highest BCUT2D eigenvalue weighted by atomic mass is 16.4. The predicted octanol–water partition coefficient (Wildman–Crippen LogP) is 2.42. The monoisotopic (exact) mass is 271 g/mol. The number of pyridine rings is 1. The third-order valence-corrected chi connectivity index (χ3v) is 3.99. The molecule has 5 heteroatoms. The van der Waals surface area contributed by atoms with Crippen LogP contribution < -0.4 is 4.90 Å². The number of anilines is 1. The van der Waals surface area contributed by atoms with E-state index < -0.39 is 6.09 Å². The van der Waals surface area contributed by atoms with Crippen LogP contribution in [0.15, 0.2) is 36.5 Å². The van der Waals surface area contributed by atoms with Gasteiger partial charge in [-0.25, -0.2) is 4.79 Å². The minimum atomic E-state index is -0.833. The van der Waals surface area contributed by atoms with Gasteiger partial charge in [0.25, 0.3) is 0 Å². The lowest BCUT2D eigenvalue weighted by atomic mass is 10.1. The van der Waals surface area contributed by atoms with Crippen LogP contribution in [-0.4, -0.2) is 47.3 Å². The van der Waals surface area contributed by atoms with Gasteiger partial charge in [-0.05, 0) is 18.6 Å². The number of nitrogens with zero attached hydrogens (tertiary/aromatic N) is 3. The van der Waals surface area contributed by atoms with Crippen LogP contribution in [0.2, 0.25) is 0 Å². The number of likely N-dealkylation sites (N-methyl/N-ethyl adjacent to an activating group) is 1. The molecule has 5 nitrogen and oxygen atoms in total. The first kappa shape index (κ1) is 12.7. The van der Waals surface area contributed by atoms with Gasteiger partial charge in [0.2, 0.25) is 0 Å². The summed E-state index contributed by atoms with van der Waals surface area (Å²) < 4.78 is 0. The van der Waals surface area contributed by atoms with Gasteiger partial charge in [0.1, 0.15) is 0 Å². The van der Waals surface area contributed by atoms with E-state index in [9.17, 15) is 4.79 Å². The predicted molar refractivity (Wildman–Crippen MR) is 78.1 cm³/mol. The van der Waals surface area contributed by atoms with Gasteiger partial charge in [0, 0.05) is 43.4 Å². The largest absolute Gasteiger partial charge is 0.465 e. The Labute approximate surface area is 117 Å². The summed E-state index contributed by atoms with van der Waals surface area (Å²) in [5.41, 5.74) is 2.07. The summed E-state index contributed by atoms with van der Waals surface area (Å²) in [5, 5.41) is 10.2. The quantitative estimate of drug-likeness (QED) is 0.911. The molecule has 1 aliphatic rings. The molecule has 0 saturated carbocycles. The number of benzene rings is 1. The second-order valence-electron chi connectivity index (χ2n) is 5.13. The first-order chi connectivity index (χ1) is 9.66. The Kier molecular flexibility index (Phi) is 3.18. The van der Waals surface area contributed by atoms with Crippen molar-refractivity contribution in [2.24, 2.45) is 0 Å². The Morgan fingerprint density at radius 1 is 1.40 bits per heavy atom. The lowest BCUT2D eigenvalue weighted by Gasteiger charge is -2.27. The molecule has 1 aromatic carbocycles. The fourth-order valence-corrected chi connectivity index (χ4v) is 2.82. The highest BCUT2D eigenvalue weighted by Crippen LogP contribution is 2.28. The summed E-state index contributed by atoms with van der Waals surface area (Å²) >= 11 is 0. The highest BCUT2D eigenvalue weighted by Gasteiger charge is 2.29. The molecule has 0 aliphatic carbocycles. The maximum absolute atomic E-state index is 11.0. The molecule has 1 aliphatic heterocycles. The third-order valence-electron chi connectivity index (χ3n) is 3.99. The zero-order valence-corrected chi connectivity index (χ0v) is 11.4. The standard InChI is InChI=1S/C15H17N3O2/c1-17(11-7-9-18(10-11)15(19)20)14-6-8-16-13-5-3-2-4-12(13)14/h2-6,8,11H,7,9-10H2,1H3,(H,19,20)/t11-/m0/s1. The number of rotatable bonds is 2. The van der Waals surface area contributed by atoms with Crippen LogP contribution in [0.5, 0.6) is 0 Å². The van der Waals surface area contributed by atoms with Crippen molar-refractivity contribution < 1.29 is 9.90 Å². The van der Waals surface area contributed by atoms with E-state index in [1.807, 2.05) is 31.3 Å². The minimum Gasteiger partial charge on any atom is -0.465 e. The zero-order chi connectivity index (χ0) is 14.1. The van der Waals surface area contributed by atoms with Crippen molar-refractivity contribution in [1.82, 2.24) is 9.88 Å². The van der Waals surface area contributed by atoms with Gasteiger partial charge in [0.05, 0.1) is 5.52 Å².